The molecule has 0 bridgehead atoms. The van der Waals surface area contributed by atoms with Crippen molar-refractivity contribution in [1.82, 2.24) is 4.90 Å². The van der Waals surface area contributed by atoms with E-state index in [4.69, 9.17) is 25.8 Å². The van der Waals surface area contributed by atoms with E-state index in [0.717, 1.165) is 5.56 Å². The molecule has 204 valence electrons. The molecule has 0 spiro atoms. The Bertz CT molecular complexity index is 1110. The molecule has 0 fully saturated rings. The second-order valence-corrected chi connectivity index (χ2v) is 9.53. The van der Waals surface area contributed by atoms with Gasteiger partial charge in [0.2, 0.25) is 0 Å². The molecule has 3 unspecified atom stereocenters. The van der Waals surface area contributed by atoms with Crippen LogP contribution < -0.4 is 9.47 Å². The summed E-state index contributed by atoms with van der Waals surface area (Å²) in [6, 6.07) is 24.0. The molecule has 0 aliphatic rings. The number of hydrogen-bond acceptors (Lipinski definition) is 7. The molecule has 3 rings (SSSR count). The van der Waals surface area contributed by atoms with Gasteiger partial charge in [0, 0.05) is 24.2 Å². The average molecular weight is 542 g/mol. The van der Waals surface area contributed by atoms with Crippen molar-refractivity contribution < 1.29 is 29.2 Å². The van der Waals surface area contributed by atoms with Gasteiger partial charge in [-0.15, -0.1) is 0 Å². The molecule has 0 aliphatic carbocycles. The zero-order valence-corrected chi connectivity index (χ0v) is 22.6. The smallest absolute Gasteiger partial charge is 0.344 e. The molecule has 0 aromatic heterocycles. The number of nitrogens with zero attached hydrogens (tertiary/aromatic N) is 1. The summed E-state index contributed by atoms with van der Waals surface area (Å²) in [6.07, 6.45) is -0.868. The Kier molecular flexibility index (Phi) is 11.9. The first-order chi connectivity index (χ1) is 18.3. The summed E-state index contributed by atoms with van der Waals surface area (Å²) in [5, 5.41) is 22.3. The minimum absolute atomic E-state index is 0.0125. The van der Waals surface area contributed by atoms with E-state index < -0.39 is 18.2 Å². The van der Waals surface area contributed by atoms with Crippen LogP contribution in [0.1, 0.15) is 31.1 Å². The number of aliphatic hydroxyl groups is 2. The molecule has 3 aromatic rings. The first-order valence-corrected chi connectivity index (χ1v) is 13.1. The lowest BCUT2D eigenvalue weighted by molar-refractivity contribution is -0.145. The van der Waals surface area contributed by atoms with Crippen LogP contribution in [0.4, 0.5) is 0 Å². The van der Waals surface area contributed by atoms with Crippen LogP contribution in [-0.2, 0) is 16.0 Å². The van der Waals surface area contributed by atoms with Gasteiger partial charge in [0.1, 0.15) is 24.2 Å². The maximum Gasteiger partial charge on any atom is 0.344 e. The molecule has 3 atom stereocenters. The lowest BCUT2D eigenvalue weighted by Gasteiger charge is -2.33. The molecule has 8 heteroatoms. The van der Waals surface area contributed by atoms with Gasteiger partial charge in [0.05, 0.1) is 12.7 Å². The standard InChI is InChI=1S/C30H36ClNO6/c1-3-36-30(35)21-38-28-14-12-23(13-15-28)16-22(2)32(19-29(34)24-8-7-9-25(31)17-24)18-26(33)20-37-27-10-5-4-6-11-27/h4-15,17,22,26,29,33-34H,3,16,18-21H2,1-2H3. The number of halogens is 1. The summed E-state index contributed by atoms with van der Waals surface area (Å²) in [5.41, 5.74) is 1.77. The second-order valence-electron chi connectivity index (χ2n) is 9.09. The van der Waals surface area contributed by atoms with Crippen molar-refractivity contribution in [1.29, 1.82) is 0 Å². The van der Waals surface area contributed by atoms with Gasteiger partial charge in [0.15, 0.2) is 6.61 Å². The number of rotatable bonds is 15. The van der Waals surface area contributed by atoms with E-state index in [1.807, 2.05) is 66.7 Å². The van der Waals surface area contributed by atoms with Crippen LogP contribution in [0.5, 0.6) is 11.5 Å². The van der Waals surface area contributed by atoms with Gasteiger partial charge in [-0.25, -0.2) is 4.79 Å². The van der Waals surface area contributed by atoms with Crippen LogP contribution >= 0.6 is 11.6 Å². The third-order valence-corrected chi connectivity index (χ3v) is 6.25. The molecule has 0 heterocycles. The molecule has 0 amide bonds. The van der Waals surface area contributed by atoms with E-state index in [9.17, 15) is 15.0 Å². The Morgan fingerprint density at radius 1 is 0.921 bits per heavy atom. The first kappa shape index (κ1) is 29.5. The van der Waals surface area contributed by atoms with E-state index in [1.165, 1.54) is 0 Å². The highest BCUT2D eigenvalue weighted by molar-refractivity contribution is 6.30. The fourth-order valence-electron chi connectivity index (χ4n) is 4.05. The number of esters is 1. The highest BCUT2D eigenvalue weighted by Crippen LogP contribution is 2.22. The topological polar surface area (TPSA) is 88.5 Å². The van der Waals surface area contributed by atoms with Crippen LogP contribution in [0.15, 0.2) is 78.9 Å². The van der Waals surface area contributed by atoms with Crippen LogP contribution in [-0.4, -0.2) is 66.1 Å². The van der Waals surface area contributed by atoms with E-state index in [1.54, 1.807) is 19.1 Å². The second kappa shape index (κ2) is 15.3. The molecular formula is C30H36ClNO6. The molecule has 0 aliphatic heterocycles. The van der Waals surface area contributed by atoms with E-state index in [2.05, 4.69) is 11.8 Å². The highest BCUT2D eigenvalue weighted by atomic mass is 35.5. The van der Waals surface area contributed by atoms with Crippen molar-refractivity contribution in [3.8, 4) is 11.5 Å². The number of aliphatic hydroxyl groups excluding tert-OH is 2. The zero-order valence-electron chi connectivity index (χ0n) is 21.8. The third-order valence-electron chi connectivity index (χ3n) is 6.01. The van der Waals surface area contributed by atoms with Gasteiger partial charge in [0.25, 0.3) is 0 Å². The fourth-order valence-corrected chi connectivity index (χ4v) is 4.24. The third kappa shape index (κ3) is 9.99. The van der Waals surface area contributed by atoms with Crippen LogP contribution in [0, 0.1) is 0 Å². The van der Waals surface area contributed by atoms with E-state index >= 15 is 0 Å². The van der Waals surface area contributed by atoms with Crippen molar-refractivity contribution in [2.75, 3.05) is 32.9 Å². The average Bonchev–Trinajstić information content (AvgIpc) is 2.92. The summed E-state index contributed by atoms with van der Waals surface area (Å²) in [5.74, 6) is 0.862. The van der Waals surface area contributed by atoms with Gasteiger partial charge in [-0.1, -0.05) is 54.1 Å². The maximum atomic E-state index is 11.5. The lowest BCUT2D eigenvalue weighted by Crippen LogP contribution is -2.44. The minimum atomic E-state index is -0.781. The van der Waals surface area contributed by atoms with Gasteiger partial charge in [-0.2, -0.15) is 0 Å². The molecule has 7 nitrogen and oxygen atoms in total. The van der Waals surface area contributed by atoms with Gasteiger partial charge < -0.3 is 24.4 Å². The molecule has 2 N–H and O–H groups in total. The Morgan fingerprint density at radius 2 is 1.63 bits per heavy atom. The Morgan fingerprint density at radius 3 is 2.32 bits per heavy atom. The monoisotopic (exact) mass is 541 g/mol. The van der Waals surface area contributed by atoms with Gasteiger partial charge >= 0.3 is 5.97 Å². The van der Waals surface area contributed by atoms with Gasteiger partial charge in [-0.05, 0) is 67.8 Å². The number of carbonyl (C=O) groups is 1. The molecule has 3 aromatic carbocycles. The van der Waals surface area contributed by atoms with Crippen molar-refractivity contribution >= 4 is 17.6 Å². The molecule has 38 heavy (non-hydrogen) atoms. The number of ether oxygens (including phenoxy) is 3. The number of para-hydroxylation sites is 1. The van der Waals surface area contributed by atoms with Crippen molar-refractivity contribution in [2.24, 2.45) is 0 Å². The Balaban J connectivity index is 1.64. The maximum absolute atomic E-state index is 11.5. The largest absolute Gasteiger partial charge is 0.491 e. The van der Waals surface area contributed by atoms with Crippen molar-refractivity contribution in [2.45, 2.75) is 38.5 Å². The Hall–Kier alpha value is -3.10. The molecule has 0 radical (unpaired) electrons. The van der Waals surface area contributed by atoms with E-state index in [0.29, 0.717) is 48.2 Å². The normalized spacial score (nSPS) is 13.5. The number of hydrogen-bond donors (Lipinski definition) is 2. The predicted octanol–water partition coefficient (Wildman–Crippen LogP) is 4.69. The minimum Gasteiger partial charge on any atom is -0.491 e. The van der Waals surface area contributed by atoms with Crippen molar-refractivity contribution in [3.63, 3.8) is 0 Å². The summed E-state index contributed by atoms with van der Waals surface area (Å²) in [7, 11) is 0. The summed E-state index contributed by atoms with van der Waals surface area (Å²) in [4.78, 5) is 13.6. The van der Waals surface area contributed by atoms with Crippen LogP contribution in [0.2, 0.25) is 5.02 Å². The van der Waals surface area contributed by atoms with Gasteiger partial charge in [-0.3, -0.25) is 4.90 Å². The van der Waals surface area contributed by atoms with Crippen molar-refractivity contribution in [3.05, 3.63) is 95.0 Å². The number of benzene rings is 3. The quantitative estimate of drug-likeness (QED) is 0.270. The SMILES string of the molecule is CCOC(=O)COc1ccc(CC(C)N(CC(O)COc2ccccc2)CC(O)c2cccc(Cl)c2)cc1. The number of carbonyl (C=O) groups excluding carboxylic acids is 1. The molecule has 0 saturated carbocycles. The predicted molar refractivity (Wildman–Crippen MR) is 148 cm³/mol. The zero-order chi connectivity index (χ0) is 27.3. The summed E-state index contributed by atoms with van der Waals surface area (Å²) >= 11 is 6.13. The van der Waals surface area contributed by atoms with Crippen LogP contribution in [0.25, 0.3) is 0 Å². The Labute approximate surface area is 229 Å². The van der Waals surface area contributed by atoms with Crippen LogP contribution in [0.3, 0.4) is 0 Å². The summed E-state index contributed by atoms with van der Waals surface area (Å²) in [6.45, 7) is 4.74. The summed E-state index contributed by atoms with van der Waals surface area (Å²) < 4.78 is 16.1. The molecular weight excluding hydrogens is 506 g/mol. The molecule has 0 saturated heterocycles. The first-order valence-electron chi connectivity index (χ1n) is 12.7. The van der Waals surface area contributed by atoms with E-state index in [-0.39, 0.29) is 19.3 Å². The highest BCUT2D eigenvalue weighted by Gasteiger charge is 2.22. The lowest BCUT2D eigenvalue weighted by atomic mass is 10.0. The fraction of sp³-hybridized carbons (Fsp3) is 0.367.